The van der Waals surface area contributed by atoms with Crippen LogP contribution < -0.4 is 14.2 Å². The summed E-state index contributed by atoms with van der Waals surface area (Å²) in [4.78, 5) is 4.77. The number of rotatable bonds is 9. The number of hydrogen-bond donors (Lipinski definition) is 0. The Morgan fingerprint density at radius 3 is 2.94 bits per heavy atom. The van der Waals surface area contributed by atoms with E-state index in [1.54, 1.807) is 29.2 Å². The van der Waals surface area contributed by atoms with Crippen LogP contribution in [-0.4, -0.2) is 26.5 Å². The average Bonchev–Trinajstić information content (AvgIpc) is 3.57. The Kier molecular flexibility index (Phi) is 6.52. The molecule has 3 heterocycles. The first kappa shape index (κ1) is 21.8. The highest BCUT2D eigenvalue weighted by atomic mass is 35.5. The van der Waals surface area contributed by atoms with Gasteiger partial charge in [0.2, 0.25) is 6.79 Å². The lowest BCUT2D eigenvalue weighted by molar-refractivity contribution is 0.174. The Morgan fingerprint density at radius 2 is 2.06 bits per heavy atom. The molecule has 5 rings (SSSR count). The molecule has 0 atom stereocenters. The van der Waals surface area contributed by atoms with Crippen molar-refractivity contribution >= 4 is 34.7 Å². The van der Waals surface area contributed by atoms with Crippen LogP contribution in [0.4, 0.5) is 0 Å². The topological polar surface area (TPSA) is 71.3 Å². The van der Waals surface area contributed by atoms with Crippen molar-refractivity contribution in [3.8, 4) is 27.8 Å². The molecule has 2 aromatic heterocycles. The highest BCUT2D eigenvalue weighted by Crippen LogP contribution is 2.37. The fourth-order valence-corrected chi connectivity index (χ4v) is 5.19. The number of thiazole rings is 1. The zero-order valence-corrected chi connectivity index (χ0v) is 19.8. The van der Waals surface area contributed by atoms with Crippen LogP contribution in [0.1, 0.15) is 11.5 Å². The molecule has 2 aromatic carbocycles. The van der Waals surface area contributed by atoms with Crippen LogP contribution in [0.3, 0.4) is 0 Å². The zero-order valence-electron chi connectivity index (χ0n) is 17.4. The summed E-state index contributed by atoms with van der Waals surface area (Å²) in [5, 5.41) is 13.0. The number of para-hydroxylation sites is 1. The van der Waals surface area contributed by atoms with Gasteiger partial charge in [-0.2, -0.15) is 0 Å². The van der Waals surface area contributed by atoms with Gasteiger partial charge in [0.1, 0.15) is 17.4 Å². The van der Waals surface area contributed by atoms with E-state index in [2.05, 4.69) is 22.2 Å². The normalized spacial score (nSPS) is 12.2. The van der Waals surface area contributed by atoms with E-state index in [0.717, 1.165) is 32.9 Å². The van der Waals surface area contributed by atoms with E-state index in [0.29, 0.717) is 28.9 Å². The molecule has 0 bridgehead atoms. The maximum Gasteiger partial charge on any atom is 0.231 e. The summed E-state index contributed by atoms with van der Waals surface area (Å²) in [6, 6.07) is 13.2. The molecule has 0 saturated heterocycles. The molecule has 1 aliphatic heterocycles. The van der Waals surface area contributed by atoms with Gasteiger partial charge in [-0.25, -0.2) is 4.98 Å². The molecule has 0 unspecified atom stereocenters. The molecule has 0 radical (unpaired) electrons. The van der Waals surface area contributed by atoms with Crippen LogP contribution in [0.15, 0.2) is 65.7 Å². The van der Waals surface area contributed by atoms with E-state index in [4.69, 9.17) is 30.8 Å². The number of benzene rings is 2. The lowest BCUT2D eigenvalue weighted by Gasteiger charge is -2.09. The van der Waals surface area contributed by atoms with E-state index in [9.17, 15) is 0 Å². The van der Waals surface area contributed by atoms with Crippen molar-refractivity contribution in [3.63, 3.8) is 0 Å². The highest BCUT2D eigenvalue weighted by Gasteiger charge is 2.17. The van der Waals surface area contributed by atoms with Gasteiger partial charge in [-0.15, -0.1) is 28.1 Å². The summed E-state index contributed by atoms with van der Waals surface area (Å²) < 4.78 is 18.7. The van der Waals surface area contributed by atoms with Gasteiger partial charge in [0.05, 0.1) is 10.7 Å². The molecule has 0 N–H and O–H groups in total. The largest absolute Gasteiger partial charge is 0.484 e. The van der Waals surface area contributed by atoms with Gasteiger partial charge in [-0.05, 0) is 30.3 Å². The van der Waals surface area contributed by atoms with Crippen LogP contribution in [0.2, 0.25) is 5.02 Å². The van der Waals surface area contributed by atoms with Gasteiger partial charge in [0.25, 0.3) is 0 Å². The molecule has 0 spiro atoms. The van der Waals surface area contributed by atoms with Crippen LogP contribution in [-0.2, 0) is 18.9 Å². The van der Waals surface area contributed by atoms with Crippen molar-refractivity contribution in [1.82, 2.24) is 19.7 Å². The van der Waals surface area contributed by atoms with Crippen molar-refractivity contribution < 1.29 is 14.2 Å². The molecule has 7 nitrogen and oxygen atoms in total. The van der Waals surface area contributed by atoms with E-state index < -0.39 is 0 Å². The van der Waals surface area contributed by atoms with Crippen LogP contribution in [0.5, 0.6) is 17.2 Å². The summed E-state index contributed by atoms with van der Waals surface area (Å²) in [7, 11) is 0. The summed E-state index contributed by atoms with van der Waals surface area (Å²) >= 11 is 9.35. The monoisotopic (exact) mass is 498 g/mol. The third kappa shape index (κ3) is 4.85. The number of fused-ring (bicyclic) bond motifs is 1. The van der Waals surface area contributed by atoms with Crippen LogP contribution in [0.25, 0.3) is 10.6 Å². The van der Waals surface area contributed by atoms with Crippen molar-refractivity contribution in [3.05, 3.63) is 77.0 Å². The fourth-order valence-electron chi connectivity index (χ4n) is 3.22. The number of thioether (sulfide) groups is 1. The van der Waals surface area contributed by atoms with Crippen LogP contribution >= 0.6 is 34.7 Å². The second kappa shape index (κ2) is 9.86. The Balaban J connectivity index is 1.26. The minimum atomic E-state index is 0.259. The van der Waals surface area contributed by atoms with Crippen molar-refractivity contribution in [2.24, 2.45) is 0 Å². The Labute approximate surface area is 204 Å². The third-order valence-corrected chi connectivity index (χ3v) is 7.07. The molecule has 1 aliphatic rings. The molecule has 168 valence electrons. The van der Waals surface area contributed by atoms with Crippen LogP contribution in [0, 0.1) is 0 Å². The van der Waals surface area contributed by atoms with Crippen molar-refractivity contribution in [2.45, 2.75) is 24.1 Å². The number of allylic oxidation sites excluding steroid dienone is 1. The van der Waals surface area contributed by atoms with E-state index >= 15 is 0 Å². The van der Waals surface area contributed by atoms with Gasteiger partial charge in [-0.1, -0.05) is 41.6 Å². The lowest BCUT2D eigenvalue weighted by atomic mass is 10.2. The minimum Gasteiger partial charge on any atom is -0.484 e. The summed E-state index contributed by atoms with van der Waals surface area (Å²) in [5.74, 6) is 3.50. The third-order valence-electron chi connectivity index (χ3n) is 4.82. The number of nitrogens with zero attached hydrogens (tertiary/aromatic N) is 4. The first-order valence-electron chi connectivity index (χ1n) is 10.1. The molecule has 0 saturated carbocycles. The molecule has 0 aliphatic carbocycles. The zero-order chi connectivity index (χ0) is 22.6. The first-order valence-corrected chi connectivity index (χ1v) is 12.3. The summed E-state index contributed by atoms with van der Waals surface area (Å²) in [6.45, 7) is 4.95. The van der Waals surface area contributed by atoms with E-state index in [1.165, 1.54) is 0 Å². The number of hydrogen-bond acceptors (Lipinski definition) is 8. The Hall–Kier alpha value is -3.01. The molecule has 10 heteroatoms. The van der Waals surface area contributed by atoms with Crippen molar-refractivity contribution in [2.75, 3.05) is 6.79 Å². The average molecular weight is 499 g/mol. The van der Waals surface area contributed by atoms with Gasteiger partial charge < -0.3 is 14.2 Å². The SMILES string of the molecule is C=CCn1c(COc2ccccc2Cl)nnc1SCc1csc(-c2ccc3c(c2)OCO3)n1. The molecule has 33 heavy (non-hydrogen) atoms. The fraction of sp³-hybridized carbons (Fsp3) is 0.174. The quantitative estimate of drug-likeness (QED) is 0.212. The summed E-state index contributed by atoms with van der Waals surface area (Å²) in [6.07, 6.45) is 1.81. The van der Waals surface area contributed by atoms with E-state index in [-0.39, 0.29) is 13.4 Å². The highest BCUT2D eigenvalue weighted by molar-refractivity contribution is 7.98. The van der Waals surface area contributed by atoms with Gasteiger partial charge in [-0.3, -0.25) is 4.57 Å². The number of ether oxygens (including phenoxy) is 3. The second-order valence-electron chi connectivity index (χ2n) is 7.02. The van der Waals surface area contributed by atoms with Gasteiger partial charge >= 0.3 is 0 Å². The molecule has 0 fully saturated rings. The Bertz CT molecular complexity index is 1290. The van der Waals surface area contributed by atoms with Gasteiger partial charge in [0.15, 0.2) is 22.5 Å². The van der Waals surface area contributed by atoms with Gasteiger partial charge in [0, 0.05) is 23.2 Å². The molecular weight excluding hydrogens is 480 g/mol. The minimum absolute atomic E-state index is 0.259. The molecular formula is C23H19ClN4O3S2. The number of halogens is 1. The van der Waals surface area contributed by atoms with Crippen molar-refractivity contribution in [1.29, 1.82) is 0 Å². The number of aromatic nitrogens is 4. The van der Waals surface area contributed by atoms with E-state index in [1.807, 2.05) is 47.0 Å². The standard InChI is InChI=1S/C23H19ClN4O3S2/c1-2-9-28-21(11-29-18-6-4-3-5-17(18)24)26-27-23(28)33-13-16-12-32-22(25-16)15-7-8-19-20(10-15)31-14-30-19/h2-8,10,12H,1,9,11,13-14H2. The Morgan fingerprint density at radius 1 is 1.18 bits per heavy atom. The molecule has 4 aromatic rings. The molecule has 0 amide bonds. The summed E-state index contributed by atoms with van der Waals surface area (Å²) in [5.41, 5.74) is 1.98. The lowest BCUT2D eigenvalue weighted by Crippen LogP contribution is -2.07. The first-order chi connectivity index (χ1) is 16.2. The predicted molar refractivity (Wildman–Crippen MR) is 129 cm³/mol. The maximum absolute atomic E-state index is 6.18. The maximum atomic E-state index is 6.18. The smallest absolute Gasteiger partial charge is 0.231 e. The predicted octanol–water partition coefficient (Wildman–Crippen LogP) is 5.84. The second-order valence-corrected chi connectivity index (χ2v) is 9.23.